The molecule has 0 aliphatic heterocycles. The SMILES string of the molecule is OCCCc1cccc(F)c1OCC1CC1. The minimum atomic E-state index is -0.295. The Morgan fingerprint density at radius 3 is 2.88 bits per heavy atom. The molecule has 0 aromatic heterocycles. The average molecular weight is 224 g/mol. The van der Waals surface area contributed by atoms with Crippen molar-refractivity contribution in [3.8, 4) is 5.75 Å². The van der Waals surface area contributed by atoms with Crippen LogP contribution in [0.5, 0.6) is 5.75 Å². The van der Waals surface area contributed by atoms with E-state index < -0.39 is 0 Å². The summed E-state index contributed by atoms with van der Waals surface area (Å²) in [6, 6.07) is 4.97. The first kappa shape index (κ1) is 11.4. The number of benzene rings is 1. The molecule has 3 heteroatoms. The van der Waals surface area contributed by atoms with E-state index in [1.165, 1.54) is 18.9 Å². The summed E-state index contributed by atoms with van der Waals surface area (Å²) in [6.07, 6.45) is 3.69. The summed E-state index contributed by atoms with van der Waals surface area (Å²) in [5.41, 5.74) is 0.856. The number of hydrogen-bond donors (Lipinski definition) is 1. The topological polar surface area (TPSA) is 29.5 Å². The van der Waals surface area contributed by atoms with Crippen LogP contribution in [0.4, 0.5) is 4.39 Å². The molecule has 0 unspecified atom stereocenters. The molecule has 2 nitrogen and oxygen atoms in total. The lowest BCUT2D eigenvalue weighted by Gasteiger charge is -2.11. The molecular formula is C13H17FO2. The van der Waals surface area contributed by atoms with Gasteiger partial charge in [-0.1, -0.05) is 12.1 Å². The summed E-state index contributed by atoms with van der Waals surface area (Å²) >= 11 is 0. The minimum absolute atomic E-state index is 0.124. The lowest BCUT2D eigenvalue weighted by molar-refractivity contribution is 0.274. The standard InChI is InChI=1S/C13H17FO2/c14-12-5-1-3-11(4-2-8-15)13(12)16-9-10-6-7-10/h1,3,5,10,15H,2,4,6-9H2. The summed E-state index contributed by atoms with van der Waals surface area (Å²) in [4.78, 5) is 0. The first-order chi connectivity index (χ1) is 7.81. The highest BCUT2D eigenvalue weighted by Crippen LogP contribution is 2.31. The molecule has 16 heavy (non-hydrogen) atoms. The number of halogens is 1. The third kappa shape index (κ3) is 2.95. The fraction of sp³-hybridized carbons (Fsp3) is 0.538. The largest absolute Gasteiger partial charge is 0.490 e. The molecule has 1 aliphatic carbocycles. The van der Waals surface area contributed by atoms with Gasteiger partial charge in [0.25, 0.3) is 0 Å². The van der Waals surface area contributed by atoms with Gasteiger partial charge in [0.1, 0.15) is 0 Å². The van der Waals surface area contributed by atoms with Gasteiger partial charge in [-0.15, -0.1) is 0 Å². The van der Waals surface area contributed by atoms with Gasteiger partial charge in [-0.25, -0.2) is 4.39 Å². The first-order valence-corrected chi connectivity index (χ1v) is 5.82. The zero-order valence-corrected chi connectivity index (χ0v) is 9.29. The summed E-state index contributed by atoms with van der Waals surface area (Å²) in [5, 5.41) is 8.78. The van der Waals surface area contributed by atoms with Crippen LogP contribution in [0.2, 0.25) is 0 Å². The van der Waals surface area contributed by atoms with Crippen LogP contribution < -0.4 is 4.74 Å². The van der Waals surface area contributed by atoms with E-state index in [9.17, 15) is 4.39 Å². The fourth-order valence-corrected chi connectivity index (χ4v) is 1.67. The maximum absolute atomic E-state index is 13.6. The zero-order valence-electron chi connectivity index (χ0n) is 9.29. The maximum atomic E-state index is 13.6. The van der Waals surface area contributed by atoms with E-state index in [2.05, 4.69) is 0 Å². The van der Waals surface area contributed by atoms with Crippen LogP contribution in [-0.4, -0.2) is 18.3 Å². The summed E-state index contributed by atoms with van der Waals surface area (Å²) < 4.78 is 19.1. The highest BCUT2D eigenvalue weighted by molar-refractivity contribution is 5.35. The van der Waals surface area contributed by atoms with Crippen molar-refractivity contribution < 1.29 is 14.2 Å². The molecule has 1 fully saturated rings. The third-order valence-corrected chi connectivity index (χ3v) is 2.81. The van der Waals surface area contributed by atoms with Gasteiger partial charge in [-0.2, -0.15) is 0 Å². The van der Waals surface area contributed by atoms with Crippen LogP contribution in [0.3, 0.4) is 0 Å². The minimum Gasteiger partial charge on any atom is -0.490 e. The van der Waals surface area contributed by atoms with Gasteiger partial charge in [0.2, 0.25) is 0 Å². The molecule has 1 aliphatic rings. The molecule has 2 rings (SSSR count). The molecule has 0 saturated heterocycles. The van der Waals surface area contributed by atoms with E-state index in [1.54, 1.807) is 6.07 Å². The molecule has 0 atom stereocenters. The lowest BCUT2D eigenvalue weighted by Crippen LogP contribution is -2.04. The Labute approximate surface area is 95.1 Å². The van der Waals surface area contributed by atoms with Gasteiger partial charge < -0.3 is 9.84 Å². The quantitative estimate of drug-likeness (QED) is 0.804. The van der Waals surface area contributed by atoms with Crippen LogP contribution in [0, 0.1) is 11.7 Å². The van der Waals surface area contributed by atoms with Crippen molar-refractivity contribution in [3.05, 3.63) is 29.6 Å². The average Bonchev–Trinajstić information content (AvgIpc) is 3.09. The van der Waals surface area contributed by atoms with Crippen LogP contribution in [0.1, 0.15) is 24.8 Å². The number of rotatable bonds is 6. The Balaban J connectivity index is 2.04. The molecule has 0 amide bonds. The van der Waals surface area contributed by atoms with E-state index in [-0.39, 0.29) is 12.4 Å². The Hall–Kier alpha value is -1.09. The second kappa shape index (κ2) is 5.30. The maximum Gasteiger partial charge on any atom is 0.165 e. The Morgan fingerprint density at radius 1 is 1.38 bits per heavy atom. The van der Waals surface area contributed by atoms with Gasteiger partial charge in [0.05, 0.1) is 6.61 Å². The molecule has 0 heterocycles. The molecule has 0 radical (unpaired) electrons. The normalized spacial score (nSPS) is 15.1. The van der Waals surface area contributed by atoms with Gasteiger partial charge in [0.15, 0.2) is 11.6 Å². The predicted molar refractivity (Wildman–Crippen MR) is 60.0 cm³/mol. The fourth-order valence-electron chi connectivity index (χ4n) is 1.67. The second-order valence-electron chi connectivity index (χ2n) is 4.31. The van der Waals surface area contributed by atoms with E-state index in [1.807, 2.05) is 6.07 Å². The molecule has 88 valence electrons. The lowest BCUT2D eigenvalue weighted by atomic mass is 10.1. The number of aryl methyl sites for hydroxylation is 1. The van der Waals surface area contributed by atoms with Crippen molar-refractivity contribution in [2.24, 2.45) is 5.92 Å². The van der Waals surface area contributed by atoms with Crippen molar-refractivity contribution in [1.29, 1.82) is 0 Å². The van der Waals surface area contributed by atoms with Crippen LogP contribution in [0.15, 0.2) is 18.2 Å². The Kier molecular flexibility index (Phi) is 3.78. The van der Waals surface area contributed by atoms with Crippen molar-refractivity contribution in [2.45, 2.75) is 25.7 Å². The van der Waals surface area contributed by atoms with Crippen molar-refractivity contribution in [1.82, 2.24) is 0 Å². The van der Waals surface area contributed by atoms with Crippen LogP contribution >= 0.6 is 0 Å². The molecule has 1 saturated carbocycles. The van der Waals surface area contributed by atoms with Crippen molar-refractivity contribution in [3.63, 3.8) is 0 Å². The Bertz CT molecular complexity index is 348. The molecule has 0 bridgehead atoms. The molecule has 1 N–H and O–H groups in total. The highest BCUT2D eigenvalue weighted by Gasteiger charge is 2.23. The molecular weight excluding hydrogens is 207 g/mol. The summed E-state index contributed by atoms with van der Waals surface area (Å²) in [7, 11) is 0. The predicted octanol–water partition coefficient (Wildman–Crippen LogP) is 2.54. The van der Waals surface area contributed by atoms with E-state index in [4.69, 9.17) is 9.84 Å². The van der Waals surface area contributed by atoms with Crippen LogP contribution in [-0.2, 0) is 6.42 Å². The number of ether oxygens (including phenoxy) is 1. The van der Waals surface area contributed by atoms with Gasteiger partial charge in [0, 0.05) is 6.61 Å². The summed E-state index contributed by atoms with van der Waals surface area (Å²) in [5.74, 6) is 0.698. The molecule has 1 aromatic carbocycles. The monoisotopic (exact) mass is 224 g/mol. The third-order valence-electron chi connectivity index (χ3n) is 2.81. The first-order valence-electron chi connectivity index (χ1n) is 5.82. The second-order valence-corrected chi connectivity index (χ2v) is 4.31. The van der Waals surface area contributed by atoms with Gasteiger partial charge in [-0.3, -0.25) is 0 Å². The van der Waals surface area contributed by atoms with Crippen molar-refractivity contribution >= 4 is 0 Å². The highest BCUT2D eigenvalue weighted by atomic mass is 19.1. The van der Waals surface area contributed by atoms with E-state index in [0.29, 0.717) is 31.1 Å². The Morgan fingerprint density at radius 2 is 2.19 bits per heavy atom. The van der Waals surface area contributed by atoms with Gasteiger partial charge in [-0.05, 0) is 43.2 Å². The smallest absolute Gasteiger partial charge is 0.165 e. The van der Waals surface area contributed by atoms with E-state index in [0.717, 1.165) is 5.56 Å². The number of aliphatic hydroxyl groups excluding tert-OH is 1. The number of hydrogen-bond acceptors (Lipinski definition) is 2. The van der Waals surface area contributed by atoms with Crippen LogP contribution in [0.25, 0.3) is 0 Å². The van der Waals surface area contributed by atoms with Crippen molar-refractivity contribution in [2.75, 3.05) is 13.2 Å². The molecule has 1 aromatic rings. The summed E-state index contributed by atoms with van der Waals surface area (Å²) in [6.45, 7) is 0.742. The number of aliphatic hydroxyl groups is 1. The zero-order chi connectivity index (χ0) is 11.4. The van der Waals surface area contributed by atoms with Gasteiger partial charge >= 0.3 is 0 Å². The number of para-hydroxylation sites is 1. The van der Waals surface area contributed by atoms with E-state index >= 15 is 0 Å². The molecule has 0 spiro atoms.